The summed E-state index contributed by atoms with van der Waals surface area (Å²) in [4.78, 5) is 4.55. The number of thioether (sulfide) groups is 1. The van der Waals surface area contributed by atoms with Gasteiger partial charge in [0.25, 0.3) is 0 Å². The average Bonchev–Trinajstić information content (AvgIpc) is 2.48. The summed E-state index contributed by atoms with van der Waals surface area (Å²) >= 11 is 1.76. The maximum atomic E-state index is 9.08. The number of aliphatic hydroxyl groups is 1. The van der Waals surface area contributed by atoms with Crippen LogP contribution in [0, 0.1) is 0 Å². The molecule has 1 heterocycles. The van der Waals surface area contributed by atoms with Crippen molar-refractivity contribution in [3.05, 3.63) is 0 Å². The van der Waals surface area contributed by atoms with Crippen LogP contribution in [0.4, 0.5) is 0 Å². The molecule has 1 rings (SSSR count). The van der Waals surface area contributed by atoms with E-state index in [1.54, 1.807) is 11.8 Å². The number of nitrogens with zero attached hydrogens (tertiary/aromatic N) is 1. The van der Waals surface area contributed by atoms with Crippen LogP contribution in [0.15, 0.2) is 4.99 Å². The molecule has 3 heteroatoms. The molecule has 2 atom stereocenters. The Morgan fingerprint density at radius 3 is 3.00 bits per heavy atom. The van der Waals surface area contributed by atoms with Gasteiger partial charge < -0.3 is 5.11 Å². The monoisotopic (exact) mass is 187 g/mol. The first-order valence-electron chi connectivity index (χ1n) is 4.51. The van der Waals surface area contributed by atoms with Gasteiger partial charge in [0.05, 0.1) is 17.2 Å². The lowest BCUT2D eigenvalue weighted by molar-refractivity contribution is 0.178. The molecule has 12 heavy (non-hydrogen) atoms. The van der Waals surface area contributed by atoms with Crippen LogP contribution in [0.3, 0.4) is 0 Å². The molecule has 0 aromatic carbocycles. The van der Waals surface area contributed by atoms with E-state index in [1.807, 2.05) is 6.92 Å². The van der Waals surface area contributed by atoms with Gasteiger partial charge in [-0.25, -0.2) is 0 Å². The van der Waals surface area contributed by atoms with Crippen molar-refractivity contribution < 1.29 is 5.11 Å². The summed E-state index contributed by atoms with van der Waals surface area (Å²) in [5.74, 6) is 0. The predicted molar refractivity (Wildman–Crippen MR) is 54.9 cm³/mol. The van der Waals surface area contributed by atoms with Crippen molar-refractivity contribution in [3.63, 3.8) is 0 Å². The Balaban J connectivity index is 2.22. The Morgan fingerprint density at radius 1 is 1.75 bits per heavy atom. The third-order valence-corrected chi connectivity index (χ3v) is 2.95. The molecule has 0 saturated carbocycles. The fraction of sp³-hybridized carbons (Fsp3) is 0.889. The smallest absolute Gasteiger partial charge is 0.0677 e. The second kappa shape index (κ2) is 4.87. The lowest BCUT2D eigenvalue weighted by atomic mass is 10.1. The zero-order valence-electron chi connectivity index (χ0n) is 7.79. The zero-order chi connectivity index (χ0) is 8.97. The van der Waals surface area contributed by atoms with E-state index in [0.29, 0.717) is 6.04 Å². The molecule has 2 nitrogen and oxygen atoms in total. The Labute approximate surface area is 78.5 Å². The lowest BCUT2D eigenvalue weighted by Crippen LogP contribution is -2.06. The van der Waals surface area contributed by atoms with Gasteiger partial charge >= 0.3 is 0 Å². The first-order valence-corrected chi connectivity index (χ1v) is 5.73. The highest BCUT2D eigenvalue weighted by Crippen LogP contribution is 2.22. The molecule has 0 aliphatic carbocycles. The largest absolute Gasteiger partial charge is 0.393 e. The Bertz CT molecular complexity index is 168. The van der Waals surface area contributed by atoms with Gasteiger partial charge in [0.2, 0.25) is 0 Å². The van der Waals surface area contributed by atoms with Crippen LogP contribution in [0.1, 0.15) is 32.6 Å². The molecular weight excluding hydrogens is 170 g/mol. The van der Waals surface area contributed by atoms with Crippen molar-refractivity contribution in [3.8, 4) is 0 Å². The van der Waals surface area contributed by atoms with Gasteiger partial charge in [0, 0.05) is 0 Å². The third-order valence-electron chi connectivity index (χ3n) is 2.17. The summed E-state index contributed by atoms with van der Waals surface area (Å²) in [6.45, 7) is 1.84. The van der Waals surface area contributed by atoms with Gasteiger partial charge in [-0.15, -0.1) is 11.8 Å². The molecule has 0 aromatic rings. The van der Waals surface area contributed by atoms with Crippen LogP contribution in [-0.2, 0) is 0 Å². The molecule has 1 aliphatic rings. The first kappa shape index (κ1) is 10.1. The van der Waals surface area contributed by atoms with Crippen molar-refractivity contribution in [2.45, 2.75) is 44.8 Å². The molecule has 0 fully saturated rings. The summed E-state index contributed by atoms with van der Waals surface area (Å²) in [7, 11) is 0. The number of aliphatic hydroxyl groups excluding tert-OH is 1. The van der Waals surface area contributed by atoms with E-state index in [-0.39, 0.29) is 6.10 Å². The molecule has 0 amide bonds. The highest BCUT2D eigenvalue weighted by molar-refractivity contribution is 8.13. The zero-order valence-corrected chi connectivity index (χ0v) is 8.60. The van der Waals surface area contributed by atoms with Crippen molar-refractivity contribution in [1.29, 1.82) is 0 Å². The molecule has 0 bridgehead atoms. The number of hydrogen-bond donors (Lipinski definition) is 1. The van der Waals surface area contributed by atoms with Crippen molar-refractivity contribution in [2.75, 3.05) is 6.26 Å². The molecule has 0 saturated heterocycles. The SMILES string of the molecule is CSC1=NC(CCC(C)O)CC1. The Hall–Kier alpha value is -0.0200. The van der Waals surface area contributed by atoms with E-state index in [0.717, 1.165) is 19.3 Å². The average molecular weight is 187 g/mol. The molecule has 0 spiro atoms. The summed E-state index contributed by atoms with van der Waals surface area (Å²) in [6.07, 6.45) is 6.17. The van der Waals surface area contributed by atoms with Crippen LogP contribution < -0.4 is 0 Å². The quantitative estimate of drug-likeness (QED) is 0.733. The molecular formula is C9H17NOS. The van der Waals surface area contributed by atoms with E-state index in [2.05, 4.69) is 11.2 Å². The predicted octanol–water partition coefficient (Wildman–Crippen LogP) is 2.07. The van der Waals surface area contributed by atoms with Gasteiger partial charge in [-0.3, -0.25) is 4.99 Å². The minimum Gasteiger partial charge on any atom is -0.393 e. The highest BCUT2D eigenvalue weighted by atomic mass is 32.2. The fourth-order valence-electron chi connectivity index (χ4n) is 1.42. The van der Waals surface area contributed by atoms with Crippen molar-refractivity contribution >= 4 is 16.8 Å². The number of hydrogen-bond acceptors (Lipinski definition) is 3. The van der Waals surface area contributed by atoms with Crippen LogP contribution in [0.5, 0.6) is 0 Å². The Morgan fingerprint density at radius 2 is 2.50 bits per heavy atom. The van der Waals surface area contributed by atoms with Crippen molar-refractivity contribution in [1.82, 2.24) is 0 Å². The summed E-state index contributed by atoms with van der Waals surface area (Å²) in [5, 5.41) is 10.4. The van der Waals surface area contributed by atoms with Crippen LogP contribution in [-0.4, -0.2) is 28.6 Å². The highest BCUT2D eigenvalue weighted by Gasteiger charge is 2.16. The van der Waals surface area contributed by atoms with E-state index in [1.165, 1.54) is 11.5 Å². The minimum atomic E-state index is -0.168. The third kappa shape index (κ3) is 3.15. The Kier molecular flexibility index (Phi) is 4.09. The van der Waals surface area contributed by atoms with E-state index in [9.17, 15) is 0 Å². The molecule has 1 N–H and O–H groups in total. The molecule has 0 radical (unpaired) electrons. The van der Waals surface area contributed by atoms with E-state index < -0.39 is 0 Å². The van der Waals surface area contributed by atoms with Gasteiger partial charge in [0.1, 0.15) is 0 Å². The van der Waals surface area contributed by atoms with Gasteiger partial charge in [-0.05, 0) is 38.9 Å². The summed E-state index contributed by atoms with van der Waals surface area (Å²) < 4.78 is 0. The summed E-state index contributed by atoms with van der Waals surface area (Å²) in [5.41, 5.74) is 0. The molecule has 0 aromatic heterocycles. The minimum absolute atomic E-state index is 0.168. The van der Waals surface area contributed by atoms with Crippen molar-refractivity contribution in [2.24, 2.45) is 4.99 Å². The van der Waals surface area contributed by atoms with Crippen LogP contribution in [0.25, 0.3) is 0 Å². The summed E-state index contributed by atoms with van der Waals surface area (Å²) in [6, 6.07) is 0.488. The van der Waals surface area contributed by atoms with Gasteiger partial charge in [0.15, 0.2) is 0 Å². The molecule has 70 valence electrons. The number of aliphatic imine (C=N–C) groups is 1. The molecule has 2 unspecified atom stereocenters. The van der Waals surface area contributed by atoms with Crippen LogP contribution >= 0.6 is 11.8 Å². The van der Waals surface area contributed by atoms with E-state index in [4.69, 9.17) is 5.11 Å². The maximum Gasteiger partial charge on any atom is 0.0677 e. The molecule has 1 aliphatic heterocycles. The first-order chi connectivity index (χ1) is 5.72. The van der Waals surface area contributed by atoms with E-state index >= 15 is 0 Å². The normalized spacial score (nSPS) is 25.6. The second-order valence-corrected chi connectivity index (χ2v) is 4.23. The fourth-order valence-corrected chi connectivity index (χ4v) is 2.00. The number of rotatable bonds is 3. The second-order valence-electron chi connectivity index (χ2n) is 3.35. The van der Waals surface area contributed by atoms with Gasteiger partial charge in [-0.2, -0.15) is 0 Å². The standard InChI is InChI=1S/C9H17NOS/c1-7(11)3-4-8-5-6-9(10-8)12-2/h7-8,11H,3-6H2,1-2H3. The lowest BCUT2D eigenvalue weighted by Gasteiger charge is -2.07. The topological polar surface area (TPSA) is 32.6 Å². The maximum absolute atomic E-state index is 9.08. The van der Waals surface area contributed by atoms with Gasteiger partial charge in [-0.1, -0.05) is 0 Å². The van der Waals surface area contributed by atoms with Crippen LogP contribution in [0.2, 0.25) is 0 Å².